The maximum absolute atomic E-state index is 13.7. The fraction of sp³-hybridized carbons (Fsp3) is 0.343. The lowest BCUT2D eigenvalue weighted by Crippen LogP contribution is -2.44. The second-order valence-electron chi connectivity index (χ2n) is 11.6. The molecule has 3 N–H and O–H groups in total. The number of piperazine rings is 1. The van der Waals surface area contributed by atoms with Crippen LogP contribution in [0.15, 0.2) is 60.3 Å². The number of H-pyrrole nitrogens is 1. The van der Waals surface area contributed by atoms with Gasteiger partial charge < -0.3 is 39.6 Å². The number of allylic oxidation sites excluding steroid dienone is 1. The summed E-state index contributed by atoms with van der Waals surface area (Å²) in [7, 11) is 5.22. The van der Waals surface area contributed by atoms with Crippen LogP contribution in [-0.4, -0.2) is 96.6 Å². The lowest BCUT2D eigenvalue weighted by atomic mass is 10.1. The zero-order chi connectivity index (χ0) is 33.5. The molecule has 0 unspecified atom stereocenters. The summed E-state index contributed by atoms with van der Waals surface area (Å²) in [5, 5.41) is 12.6. The first kappa shape index (κ1) is 33.1. The Morgan fingerprint density at radius 2 is 1.85 bits per heavy atom. The fourth-order valence-electron chi connectivity index (χ4n) is 5.56. The minimum absolute atomic E-state index is 0.267. The van der Waals surface area contributed by atoms with Crippen LogP contribution >= 0.6 is 0 Å². The number of likely N-dealkylation sites (N-methyl/N-ethyl adjacent to an activating group) is 1. The standard InChI is InChI=1S/C35H40N6O6/c1-23-11-14-29(31(20-23)47-19-6-5-8-25(22-42)41-17-15-39(2)16-18-41)40(3)34(44)24-12-13-27(30(21-24)46-4)36-33(43)26-9-7-10-28-32(26)38-35(45)37-28/h7,9-14,20-21H,5-6,8,15-19H2,1-4H3,(H,36,43)(H2,37,38,45). The molecular formula is C35H40N6O6. The number of benzene rings is 3. The summed E-state index contributed by atoms with van der Waals surface area (Å²) in [6, 6.07) is 15.2. The highest BCUT2D eigenvalue weighted by molar-refractivity contribution is 6.12. The molecule has 246 valence electrons. The molecule has 4 aromatic rings. The third-order valence-corrected chi connectivity index (χ3v) is 8.29. The lowest BCUT2D eigenvalue weighted by molar-refractivity contribution is 0.0990. The van der Waals surface area contributed by atoms with E-state index >= 15 is 0 Å². The van der Waals surface area contributed by atoms with E-state index in [1.165, 1.54) is 12.0 Å². The number of para-hydroxylation sites is 1. The Bertz CT molecular complexity index is 1810. The number of hydrogen-bond donors (Lipinski definition) is 3. The molecule has 1 saturated heterocycles. The van der Waals surface area contributed by atoms with Gasteiger partial charge in [-0.1, -0.05) is 12.1 Å². The summed E-state index contributed by atoms with van der Waals surface area (Å²) in [6.45, 7) is 5.93. The Labute approximate surface area is 273 Å². The molecule has 0 bridgehead atoms. The van der Waals surface area contributed by atoms with Gasteiger partial charge in [-0.05, 0) is 81.3 Å². The number of fused-ring (bicyclic) bond motifs is 1. The van der Waals surface area contributed by atoms with Gasteiger partial charge in [-0.15, -0.1) is 0 Å². The number of aromatic hydroxyl groups is 1. The molecule has 0 radical (unpaired) electrons. The molecule has 12 nitrogen and oxygen atoms in total. The number of ether oxygens (including phenoxy) is 2. The van der Waals surface area contributed by atoms with Crippen LogP contribution in [0.5, 0.6) is 17.5 Å². The number of rotatable bonds is 12. The normalized spacial score (nSPS) is 13.2. The number of methoxy groups -OCH3 is 1. The number of unbranched alkanes of at least 4 members (excludes halogenated alkanes) is 1. The lowest BCUT2D eigenvalue weighted by Gasteiger charge is -2.34. The molecule has 1 fully saturated rings. The summed E-state index contributed by atoms with van der Waals surface area (Å²) in [5.74, 6) is 2.28. The van der Waals surface area contributed by atoms with Gasteiger partial charge >= 0.3 is 0 Å². The number of amides is 2. The number of hydrogen-bond acceptors (Lipinski definition) is 9. The zero-order valence-electron chi connectivity index (χ0n) is 27.1. The first-order valence-electron chi connectivity index (χ1n) is 15.5. The highest BCUT2D eigenvalue weighted by Crippen LogP contribution is 2.32. The third kappa shape index (κ3) is 7.74. The van der Waals surface area contributed by atoms with E-state index in [2.05, 4.69) is 38.1 Å². The van der Waals surface area contributed by atoms with Gasteiger partial charge in [0.2, 0.25) is 0 Å². The molecule has 2 heterocycles. The third-order valence-electron chi connectivity index (χ3n) is 8.29. The average molecular weight is 641 g/mol. The summed E-state index contributed by atoms with van der Waals surface area (Å²) < 4.78 is 11.7. The van der Waals surface area contributed by atoms with E-state index in [9.17, 15) is 19.5 Å². The van der Waals surface area contributed by atoms with Crippen molar-refractivity contribution in [2.75, 3.05) is 64.2 Å². The van der Waals surface area contributed by atoms with Gasteiger partial charge in [-0.25, -0.2) is 4.79 Å². The number of imidazole rings is 1. The molecule has 1 aromatic heterocycles. The number of anilines is 2. The van der Waals surface area contributed by atoms with Crippen LogP contribution in [0.2, 0.25) is 0 Å². The highest BCUT2D eigenvalue weighted by Gasteiger charge is 2.21. The predicted octanol–water partition coefficient (Wildman–Crippen LogP) is 4.63. The van der Waals surface area contributed by atoms with Gasteiger partial charge in [0.1, 0.15) is 23.0 Å². The minimum Gasteiger partial charge on any atom is -0.495 e. The SMILES string of the molecule is COc1cc(C(=O)N(C)c2ccc(C)cc2OCCCCC(=C=O)N2CCN(C)CC2)ccc1NC(=O)c1cccc2[nH]c(O)nc12. The fourth-order valence-corrected chi connectivity index (χ4v) is 5.56. The number of carbonyl (C=O) groups is 2. The summed E-state index contributed by atoms with van der Waals surface area (Å²) >= 11 is 0. The topological polar surface area (TPSA) is 140 Å². The van der Waals surface area contributed by atoms with Crippen molar-refractivity contribution in [3.8, 4) is 17.5 Å². The van der Waals surface area contributed by atoms with Gasteiger partial charge in [0.25, 0.3) is 17.8 Å². The number of nitrogens with one attached hydrogen (secondary N) is 2. The molecule has 0 aliphatic carbocycles. The molecular weight excluding hydrogens is 600 g/mol. The van der Waals surface area contributed by atoms with Crippen LogP contribution in [-0.2, 0) is 4.79 Å². The van der Waals surface area contributed by atoms with Crippen molar-refractivity contribution in [2.45, 2.75) is 26.2 Å². The molecule has 47 heavy (non-hydrogen) atoms. The van der Waals surface area contributed by atoms with E-state index in [1.807, 2.05) is 25.1 Å². The Morgan fingerprint density at radius 3 is 2.60 bits per heavy atom. The smallest absolute Gasteiger partial charge is 0.292 e. The van der Waals surface area contributed by atoms with Crippen molar-refractivity contribution in [3.05, 3.63) is 77.0 Å². The summed E-state index contributed by atoms with van der Waals surface area (Å²) in [5.41, 5.74) is 4.17. The molecule has 1 aliphatic heterocycles. The molecule has 0 saturated carbocycles. The van der Waals surface area contributed by atoms with E-state index in [0.29, 0.717) is 52.5 Å². The van der Waals surface area contributed by atoms with E-state index in [1.54, 1.807) is 43.4 Å². The molecule has 2 amide bonds. The maximum atomic E-state index is 13.7. The van der Waals surface area contributed by atoms with Gasteiger partial charge in [0.15, 0.2) is 0 Å². The van der Waals surface area contributed by atoms with Gasteiger partial charge in [0, 0.05) is 38.8 Å². The van der Waals surface area contributed by atoms with Crippen molar-refractivity contribution >= 4 is 40.2 Å². The van der Waals surface area contributed by atoms with Gasteiger partial charge in [0.05, 0.1) is 41.9 Å². The van der Waals surface area contributed by atoms with E-state index in [4.69, 9.17) is 9.47 Å². The van der Waals surface area contributed by atoms with Crippen LogP contribution in [0.1, 0.15) is 45.5 Å². The molecule has 1 aliphatic rings. The van der Waals surface area contributed by atoms with Gasteiger partial charge in [-0.2, -0.15) is 4.98 Å². The molecule has 5 rings (SSSR count). The van der Waals surface area contributed by atoms with Crippen molar-refractivity contribution in [1.82, 2.24) is 19.8 Å². The molecule has 0 spiro atoms. The quantitative estimate of drug-likeness (QED) is 0.149. The Balaban J connectivity index is 1.22. The second-order valence-corrected chi connectivity index (χ2v) is 11.6. The number of aromatic nitrogens is 2. The highest BCUT2D eigenvalue weighted by atomic mass is 16.5. The van der Waals surface area contributed by atoms with Crippen molar-refractivity contribution in [3.63, 3.8) is 0 Å². The molecule has 0 atom stereocenters. The van der Waals surface area contributed by atoms with Crippen LogP contribution in [0, 0.1) is 6.92 Å². The van der Waals surface area contributed by atoms with Crippen molar-refractivity contribution in [1.29, 1.82) is 0 Å². The molecule has 12 heteroatoms. The average Bonchev–Trinajstić information content (AvgIpc) is 3.46. The van der Waals surface area contributed by atoms with Crippen LogP contribution in [0.25, 0.3) is 11.0 Å². The van der Waals surface area contributed by atoms with Crippen LogP contribution in [0.4, 0.5) is 11.4 Å². The van der Waals surface area contributed by atoms with Crippen LogP contribution in [0.3, 0.4) is 0 Å². The van der Waals surface area contributed by atoms with Crippen LogP contribution < -0.4 is 19.7 Å². The predicted molar refractivity (Wildman–Crippen MR) is 180 cm³/mol. The number of aryl methyl sites for hydroxylation is 1. The second kappa shape index (κ2) is 14.8. The summed E-state index contributed by atoms with van der Waals surface area (Å²) in [6.07, 6.45) is 2.18. The Morgan fingerprint density at radius 1 is 1.06 bits per heavy atom. The van der Waals surface area contributed by atoms with Crippen molar-refractivity contribution < 1.29 is 29.0 Å². The molecule has 3 aromatic carbocycles. The van der Waals surface area contributed by atoms with Crippen molar-refractivity contribution in [2.24, 2.45) is 0 Å². The minimum atomic E-state index is -0.448. The maximum Gasteiger partial charge on any atom is 0.292 e. The van der Waals surface area contributed by atoms with E-state index < -0.39 is 5.91 Å². The Kier molecular flexibility index (Phi) is 10.4. The first-order chi connectivity index (χ1) is 22.7. The monoisotopic (exact) mass is 640 g/mol. The summed E-state index contributed by atoms with van der Waals surface area (Å²) in [4.78, 5) is 51.0. The number of carbonyl (C=O) groups excluding carboxylic acids is 3. The largest absolute Gasteiger partial charge is 0.495 e. The van der Waals surface area contributed by atoms with E-state index in [0.717, 1.165) is 50.3 Å². The van der Waals surface area contributed by atoms with Gasteiger partial charge in [-0.3, -0.25) is 9.59 Å². The Hall–Kier alpha value is -5.32. The number of nitrogens with zero attached hydrogens (tertiary/aromatic N) is 4. The first-order valence-corrected chi connectivity index (χ1v) is 15.5. The van der Waals surface area contributed by atoms with E-state index in [-0.39, 0.29) is 17.5 Å². The zero-order valence-corrected chi connectivity index (χ0v) is 27.1. The number of aromatic amines is 1.